The second kappa shape index (κ2) is 6.07. The number of hydrogen-bond acceptors (Lipinski definition) is 4. The van der Waals surface area contributed by atoms with E-state index in [9.17, 15) is 4.79 Å². The lowest BCUT2D eigenvalue weighted by molar-refractivity contribution is -0.131. The third kappa shape index (κ3) is 3.86. The molecule has 0 radical (unpaired) electrons. The first-order valence-corrected chi connectivity index (χ1v) is 5.58. The number of hydrogen-bond donors (Lipinski definition) is 2. The maximum atomic E-state index is 10.2. The van der Waals surface area contributed by atoms with Gasteiger partial charge in [0.25, 0.3) is 0 Å². The fourth-order valence-electron chi connectivity index (χ4n) is 1.05. The Kier molecular flexibility index (Phi) is 4.72. The first-order chi connectivity index (χ1) is 7.63. The van der Waals surface area contributed by atoms with Crippen LogP contribution in [-0.4, -0.2) is 23.9 Å². The first kappa shape index (κ1) is 12.4. The summed E-state index contributed by atoms with van der Waals surface area (Å²) in [5, 5.41) is 8.41. The smallest absolute Gasteiger partial charge is 0.328 e. The van der Waals surface area contributed by atoms with Crippen molar-refractivity contribution >= 4 is 23.4 Å². The molecule has 0 saturated heterocycles. The Hall–Kier alpha value is -1.62. The van der Waals surface area contributed by atoms with Crippen molar-refractivity contribution in [3.8, 4) is 5.75 Å². The number of anilines is 1. The van der Waals surface area contributed by atoms with Gasteiger partial charge in [0, 0.05) is 22.4 Å². The number of nitrogens with two attached hydrogens (primary N) is 1. The number of carboxylic acid groups (broad SMARTS) is 1. The Bertz CT molecular complexity index is 404. The van der Waals surface area contributed by atoms with Crippen molar-refractivity contribution in [3.63, 3.8) is 0 Å². The molecule has 16 heavy (non-hydrogen) atoms. The summed E-state index contributed by atoms with van der Waals surface area (Å²) in [6.45, 7) is 0. The van der Waals surface area contributed by atoms with Crippen molar-refractivity contribution < 1.29 is 14.6 Å². The molecule has 0 aliphatic rings. The van der Waals surface area contributed by atoms with E-state index in [2.05, 4.69) is 0 Å². The van der Waals surface area contributed by atoms with Crippen molar-refractivity contribution in [2.75, 3.05) is 18.6 Å². The zero-order valence-corrected chi connectivity index (χ0v) is 9.66. The van der Waals surface area contributed by atoms with Crippen LogP contribution in [0.5, 0.6) is 5.75 Å². The van der Waals surface area contributed by atoms with Gasteiger partial charge in [-0.15, -0.1) is 11.8 Å². The number of rotatable bonds is 5. The predicted octanol–water partition coefficient (Wildman–Crippen LogP) is 2.01. The van der Waals surface area contributed by atoms with Gasteiger partial charge in [-0.05, 0) is 18.2 Å². The minimum absolute atomic E-state index is 0.559. The molecule has 5 heteroatoms. The molecule has 0 spiro atoms. The van der Waals surface area contributed by atoms with Crippen LogP contribution in [0, 0.1) is 0 Å². The molecule has 0 saturated carbocycles. The molecule has 1 aromatic carbocycles. The molecule has 0 amide bonds. The average molecular weight is 239 g/mol. The summed E-state index contributed by atoms with van der Waals surface area (Å²) >= 11 is 1.46. The first-order valence-electron chi connectivity index (χ1n) is 4.59. The minimum Gasteiger partial charge on any atom is -0.497 e. The number of aliphatic carboxylic acids is 1. The predicted molar refractivity (Wildman–Crippen MR) is 64.9 cm³/mol. The third-order valence-electron chi connectivity index (χ3n) is 1.82. The van der Waals surface area contributed by atoms with Crippen molar-refractivity contribution in [2.24, 2.45) is 0 Å². The van der Waals surface area contributed by atoms with Crippen molar-refractivity contribution in [1.29, 1.82) is 0 Å². The summed E-state index contributed by atoms with van der Waals surface area (Å²) in [5.41, 5.74) is 6.43. The van der Waals surface area contributed by atoms with Crippen LogP contribution in [0.15, 0.2) is 35.2 Å². The van der Waals surface area contributed by atoms with E-state index < -0.39 is 5.97 Å². The Morgan fingerprint density at radius 3 is 3.00 bits per heavy atom. The molecule has 0 aliphatic carbocycles. The summed E-state index contributed by atoms with van der Waals surface area (Å²) in [5.74, 6) is 0.349. The third-order valence-corrected chi connectivity index (χ3v) is 2.84. The lowest BCUT2D eigenvalue weighted by atomic mass is 10.3. The number of nitrogen functional groups attached to an aromatic ring is 1. The highest BCUT2D eigenvalue weighted by atomic mass is 32.2. The van der Waals surface area contributed by atoms with Crippen LogP contribution < -0.4 is 10.5 Å². The van der Waals surface area contributed by atoms with E-state index in [0.717, 1.165) is 16.7 Å². The topological polar surface area (TPSA) is 72.5 Å². The zero-order valence-electron chi connectivity index (χ0n) is 8.84. The molecule has 0 atom stereocenters. The highest BCUT2D eigenvalue weighted by molar-refractivity contribution is 7.99. The van der Waals surface area contributed by atoms with Crippen LogP contribution in [0.4, 0.5) is 5.69 Å². The van der Waals surface area contributed by atoms with Gasteiger partial charge in [0.1, 0.15) is 5.75 Å². The van der Waals surface area contributed by atoms with E-state index in [1.165, 1.54) is 11.8 Å². The second-order valence-corrected chi connectivity index (χ2v) is 4.02. The Labute approximate surface area is 98.1 Å². The van der Waals surface area contributed by atoms with Gasteiger partial charge < -0.3 is 15.6 Å². The van der Waals surface area contributed by atoms with E-state index in [4.69, 9.17) is 15.6 Å². The monoisotopic (exact) mass is 239 g/mol. The summed E-state index contributed by atoms with van der Waals surface area (Å²) in [6, 6.07) is 5.38. The zero-order chi connectivity index (χ0) is 12.0. The van der Waals surface area contributed by atoms with Crippen LogP contribution in [0.3, 0.4) is 0 Å². The van der Waals surface area contributed by atoms with Gasteiger partial charge in [-0.2, -0.15) is 0 Å². The fourth-order valence-corrected chi connectivity index (χ4v) is 1.86. The summed E-state index contributed by atoms with van der Waals surface area (Å²) in [6.07, 6.45) is 2.69. The van der Waals surface area contributed by atoms with Crippen molar-refractivity contribution in [2.45, 2.75) is 4.90 Å². The molecule has 0 aromatic heterocycles. The van der Waals surface area contributed by atoms with Crippen LogP contribution in [0.25, 0.3) is 0 Å². The molecule has 0 unspecified atom stereocenters. The maximum absolute atomic E-state index is 10.2. The Morgan fingerprint density at radius 1 is 1.62 bits per heavy atom. The van der Waals surface area contributed by atoms with Gasteiger partial charge in [-0.1, -0.05) is 6.08 Å². The van der Waals surface area contributed by atoms with Gasteiger partial charge in [-0.25, -0.2) is 4.79 Å². The molecule has 86 valence electrons. The standard InChI is InChI=1S/C11H13NO3S/c1-15-8-4-5-9(12)10(7-8)16-6-2-3-11(13)14/h2-5,7H,6,12H2,1H3,(H,13,14). The molecule has 0 heterocycles. The highest BCUT2D eigenvalue weighted by Crippen LogP contribution is 2.28. The van der Waals surface area contributed by atoms with Crippen LogP contribution >= 0.6 is 11.8 Å². The second-order valence-electron chi connectivity index (χ2n) is 2.96. The number of ether oxygens (including phenoxy) is 1. The van der Waals surface area contributed by atoms with Gasteiger partial charge in [0.15, 0.2) is 0 Å². The molecule has 3 N–H and O–H groups in total. The minimum atomic E-state index is -0.945. The number of carbonyl (C=O) groups is 1. The maximum Gasteiger partial charge on any atom is 0.328 e. The fraction of sp³-hybridized carbons (Fsp3) is 0.182. The van der Waals surface area contributed by atoms with Gasteiger partial charge in [-0.3, -0.25) is 0 Å². The SMILES string of the molecule is COc1ccc(N)c(SCC=CC(=O)O)c1. The molecular formula is C11H13NO3S. The normalized spacial score (nSPS) is 10.6. The number of benzene rings is 1. The van der Waals surface area contributed by atoms with Gasteiger partial charge >= 0.3 is 5.97 Å². The van der Waals surface area contributed by atoms with Crippen molar-refractivity contribution in [3.05, 3.63) is 30.4 Å². The van der Waals surface area contributed by atoms with Crippen LogP contribution in [-0.2, 0) is 4.79 Å². The molecule has 1 aromatic rings. The van der Waals surface area contributed by atoms with Crippen molar-refractivity contribution in [1.82, 2.24) is 0 Å². The highest BCUT2D eigenvalue weighted by Gasteiger charge is 2.01. The summed E-state index contributed by atoms with van der Waals surface area (Å²) in [7, 11) is 1.59. The van der Waals surface area contributed by atoms with E-state index >= 15 is 0 Å². The Balaban J connectivity index is 2.62. The summed E-state index contributed by atoms with van der Waals surface area (Å²) in [4.78, 5) is 11.1. The largest absolute Gasteiger partial charge is 0.497 e. The molecule has 0 aliphatic heterocycles. The molecule has 0 fully saturated rings. The number of carboxylic acids is 1. The average Bonchev–Trinajstić information content (AvgIpc) is 2.26. The van der Waals surface area contributed by atoms with E-state index in [-0.39, 0.29) is 0 Å². The van der Waals surface area contributed by atoms with Crippen LogP contribution in [0.2, 0.25) is 0 Å². The molecule has 4 nitrogen and oxygen atoms in total. The van der Waals surface area contributed by atoms with Gasteiger partial charge in [0.2, 0.25) is 0 Å². The van der Waals surface area contributed by atoms with Crippen LogP contribution in [0.1, 0.15) is 0 Å². The molecular weight excluding hydrogens is 226 g/mol. The number of thioether (sulfide) groups is 1. The molecule has 1 rings (SSSR count). The lowest BCUT2D eigenvalue weighted by Crippen LogP contribution is -1.91. The summed E-state index contributed by atoms with van der Waals surface area (Å²) < 4.78 is 5.07. The number of methoxy groups -OCH3 is 1. The lowest BCUT2D eigenvalue weighted by Gasteiger charge is -2.06. The van der Waals surface area contributed by atoms with E-state index in [1.807, 2.05) is 6.07 Å². The quantitative estimate of drug-likeness (QED) is 0.467. The van der Waals surface area contributed by atoms with E-state index in [1.54, 1.807) is 25.3 Å². The Morgan fingerprint density at radius 2 is 2.38 bits per heavy atom. The molecule has 0 bridgehead atoms. The van der Waals surface area contributed by atoms with Gasteiger partial charge in [0.05, 0.1) is 7.11 Å². The van der Waals surface area contributed by atoms with E-state index in [0.29, 0.717) is 11.4 Å².